The van der Waals surface area contributed by atoms with E-state index in [9.17, 15) is 0 Å². The van der Waals surface area contributed by atoms with Crippen molar-refractivity contribution in [2.45, 2.75) is 65.1 Å². The van der Waals surface area contributed by atoms with Crippen molar-refractivity contribution in [2.24, 2.45) is 5.92 Å². The summed E-state index contributed by atoms with van der Waals surface area (Å²) in [6.07, 6.45) is 3.72. The van der Waals surface area contributed by atoms with Gasteiger partial charge in [-0.25, -0.2) is 0 Å². The first-order chi connectivity index (χ1) is 9.60. The lowest BCUT2D eigenvalue weighted by atomic mass is 9.96. The van der Waals surface area contributed by atoms with Crippen LogP contribution in [0.1, 0.15) is 46.1 Å². The van der Waals surface area contributed by atoms with Crippen LogP contribution >= 0.6 is 11.3 Å². The lowest BCUT2D eigenvalue weighted by molar-refractivity contribution is 0.0805. The molecule has 1 aliphatic rings. The lowest BCUT2D eigenvalue weighted by Gasteiger charge is -2.44. The molecule has 3 heteroatoms. The van der Waals surface area contributed by atoms with E-state index in [2.05, 4.69) is 54.7 Å². The monoisotopic (exact) mass is 294 g/mol. The molecule has 1 saturated heterocycles. The predicted octanol–water partition coefficient (Wildman–Crippen LogP) is 3.78. The first kappa shape index (κ1) is 16.0. The molecule has 1 aromatic rings. The number of nitrogens with zero attached hydrogens (tertiary/aromatic N) is 1. The third-order valence-corrected chi connectivity index (χ3v) is 5.18. The molecule has 2 nitrogen and oxygen atoms in total. The highest BCUT2D eigenvalue weighted by Crippen LogP contribution is 2.20. The molecule has 1 aromatic heterocycles. The summed E-state index contributed by atoms with van der Waals surface area (Å²) in [6.45, 7) is 11.7. The van der Waals surface area contributed by atoms with Gasteiger partial charge in [-0.15, -0.1) is 0 Å². The number of rotatable bonds is 6. The molecule has 0 amide bonds. The normalized spacial score (nSPS) is 26.1. The molecule has 1 aliphatic heterocycles. The Morgan fingerprint density at radius 1 is 1.40 bits per heavy atom. The van der Waals surface area contributed by atoms with Crippen LogP contribution in [0, 0.1) is 5.92 Å². The van der Waals surface area contributed by atoms with Crippen molar-refractivity contribution in [3.8, 4) is 0 Å². The zero-order chi connectivity index (χ0) is 14.5. The van der Waals surface area contributed by atoms with Crippen LogP contribution < -0.4 is 5.32 Å². The zero-order valence-corrected chi connectivity index (χ0v) is 14.2. The fourth-order valence-corrected chi connectivity index (χ4v) is 4.08. The van der Waals surface area contributed by atoms with E-state index in [0.29, 0.717) is 18.1 Å². The van der Waals surface area contributed by atoms with Crippen LogP contribution in [-0.2, 0) is 6.42 Å². The lowest BCUT2D eigenvalue weighted by Crippen LogP contribution is -2.59. The van der Waals surface area contributed by atoms with Gasteiger partial charge in [-0.05, 0) is 54.5 Å². The summed E-state index contributed by atoms with van der Waals surface area (Å²) in [6, 6.07) is 4.29. The van der Waals surface area contributed by atoms with E-state index in [0.717, 1.165) is 12.5 Å². The Hall–Kier alpha value is -0.380. The van der Waals surface area contributed by atoms with Crippen molar-refractivity contribution < 1.29 is 0 Å². The summed E-state index contributed by atoms with van der Waals surface area (Å²) < 4.78 is 0. The van der Waals surface area contributed by atoms with Crippen molar-refractivity contribution in [1.29, 1.82) is 0 Å². The molecule has 0 saturated carbocycles. The molecular weight excluding hydrogens is 264 g/mol. The highest BCUT2D eigenvalue weighted by atomic mass is 32.1. The van der Waals surface area contributed by atoms with Crippen molar-refractivity contribution in [3.63, 3.8) is 0 Å². The Kier molecular flexibility index (Phi) is 6.06. The molecule has 3 atom stereocenters. The van der Waals surface area contributed by atoms with Crippen LogP contribution in [0.25, 0.3) is 0 Å². The summed E-state index contributed by atoms with van der Waals surface area (Å²) in [5, 5.41) is 8.25. The van der Waals surface area contributed by atoms with Gasteiger partial charge in [-0.3, -0.25) is 4.90 Å². The minimum Gasteiger partial charge on any atom is -0.311 e. The smallest absolute Gasteiger partial charge is 0.0221 e. The third kappa shape index (κ3) is 4.31. The van der Waals surface area contributed by atoms with Crippen molar-refractivity contribution >= 4 is 11.3 Å². The van der Waals surface area contributed by atoms with Gasteiger partial charge in [0.05, 0.1) is 0 Å². The molecule has 2 rings (SSSR count). The van der Waals surface area contributed by atoms with E-state index in [-0.39, 0.29) is 0 Å². The molecular formula is C17H30N2S. The standard InChI is InChI=1S/C17H30N2S/c1-5-17-10-18-16(8-13(2)3)11-19(17)14(4)9-15-6-7-20-12-15/h6-7,12-14,16-18H,5,8-11H2,1-4H3. The molecule has 1 N–H and O–H groups in total. The van der Waals surface area contributed by atoms with Crippen LogP contribution in [-0.4, -0.2) is 36.1 Å². The van der Waals surface area contributed by atoms with Crippen molar-refractivity contribution in [1.82, 2.24) is 10.2 Å². The molecule has 0 aliphatic carbocycles. The van der Waals surface area contributed by atoms with Gasteiger partial charge in [0.1, 0.15) is 0 Å². The van der Waals surface area contributed by atoms with Crippen LogP contribution in [0.3, 0.4) is 0 Å². The fraction of sp³-hybridized carbons (Fsp3) is 0.765. The molecule has 0 spiro atoms. The van der Waals surface area contributed by atoms with Gasteiger partial charge < -0.3 is 5.32 Å². The van der Waals surface area contributed by atoms with E-state index in [4.69, 9.17) is 0 Å². The first-order valence-corrected chi connectivity index (χ1v) is 9.04. The van der Waals surface area contributed by atoms with E-state index >= 15 is 0 Å². The number of hydrogen-bond acceptors (Lipinski definition) is 3. The Morgan fingerprint density at radius 2 is 2.20 bits per heavy atom. The number of hydrogen-bond donors (Lipinski definition) is 1. The van der Waals surface area contributed by atoms with Gasteiger partial charge in [-0.1, -0.05) is 20.8 Å². The molecule has 0 radical (unpaired) electrons. The molecule has 114 valence electrons. The molecule has 0 aromatic carbocycles. The summed E-state index contributed by atoms with van der Waals surface area (Å²) in [4.78, 5) is 2.75. The number of piperazine rings is 1. The SMILES string of the molecule is CCC1CNC(CC(C)C)CN1C(C)Cc1ccsc1. The highest BCUT2D eigenvalue weighted by molar-refractivity contribution is 7.07. The summed E-state index contributed by atoms with van der Waals surface area (Å²) in [5.74, 6) is 0.778. The fourth-order valence-electron chi connectivity index (χ4n) is 3.40. The highest BCUT2D eigenvalue weighted by Gasteiger charge is 2.30. The van der Waals surface area contributed by atoms with Crippen LogP contribution in [0.5, 0.6) is 0 Å². The summed E-state index contributed by atoms with van der Waals surface area (Å²) in [5.41, 5.74) is 1.50. The molecule has 3 unspecified atom stereocenters. The number of nitrogens with one attached hydrogen (secondary N) is 1. The summed E-state index contributed by atoms with van der Waals surface area (Å²) in [7, 11) is 0. The van der Waals surface area contributed by atoms with E-state index in [1.807, 2.05) is 11.3 Å². The van der Waals surface area contributed by atoms with Gasteiger partial charge in [-0.2, -0.15) is 11.3 Å². The van der Waals surface area contributed by atoms with Crippen molar-refractivity contribution in [2.75, 3.05) is 13.1 Å². The second-order valence-corrected chi connectivity index (χ2v) is 7.46. The average Bonchev–Trinajstić information content (AvgIpc) is 2.90. The Labute approximate surface area is 128 Å². The Morgan fingerprint density at radius 3 is 2.80 bits per heavy atom. The topological polar surface area (TPSA) is 15.3 Å². The second kappa shape index (κ2) is 7.58. The van der Waals surface area contributed by atoms with E-state index < -0.39 is 0 Å². The molecule has 1 fully saturated rings. The van der Waals surface area contributed by atoms with Gasteiger partial charge in [0.25, 0.3) is 0 Å². The number of thiophene rings is 1. The van der Waals surface area contributed by atoms with Gasteiger partial charge >= 0.3 is 0 Å². The van der Waals surface area contributed by atoms with Crippen LogP contribution in [0.4, 0.5) is 0 Å². The van der Waals surface area contributed by atoms with E-state index in [1.165, 1.54) is 31.4 Å². The average molecular weight is 295 g/mol. The first-order valence-electron chi connectivity index (χ1n) is 8.10. The quantitative estimate of drug-likeness (QED) is 0.859. The Bertz CT molecular complexity index is 374. The van der Waals surface area contributed by atoms with Crippen molar-refractivity contribution in [3.05, 3.63) is 22.4 Å². The molecule has 2 heterocycles. The van der Waals surface area contributed by atoms with Crippen LogP contribution in [0.15, 0.2) is 16.8 Å². The Balaban J connectivity index is 1.96. The van der Waals surface area contributed by atoms with Gasteiger partial charge in [0.2, 0.25) is 0 Å². The molecule has 20 heavy (non-hydrogen) atoms. The van der Waals surface area contributed by atoms with Crippen LogP contribution in [0.2, 0.25) is 0 Å². The van der Waals surface area contributed by atoms with Gasteiger partial charge in [0, 0.05) is 31.2 Å². The summed E-state index contributed by atoms with van der Waals surface area (Å²) >= 11 is 1.81. The second-order valence-electron chi connectivity index (χ2n) is 6.68. The third-order valence-electron chi connectivity index (χ3n) is 4.45. The largest absolute Gasteiger partial charge is 0.311 e. The van der Waals surface area contributed by atoms with Gasteiger partial charge in [0.15, 0.2) is 0 Å². The maximum atomic E-state index is 3.76. The minimum absolute atomic E-state index is 0.645. The minimum atomic E-state index is 0.645. The maximum Gasteiger partial charge on any atom is 0.0221 e. The predicted molar refractivity (Wildman–Crippen MR) is 89.5 cm³/mol. The van der Waals surface area contributed by atoms with E-state index in [1.54, 1.807) is 0 Å². The maximum absolute atomic E-state index is 3.76. The zero-order valence-electron chi connectivity index (χ0n) is 13.4. The molecule has 0 bridgehead atoms.